The number of likely N-dealkylation sites (N-methyl/N-ethyl adjacent to an activating group) is 2. The molecule has 5 heteroatoms. The van der Waals surface area contributed by atoms with Crippen LogP contribution < -0.4 is 0 Å². The maximum atomic E-state index is 10.9. The first-order valence-electron chi connectivity index (χ1n) is 10.5. The molecule has 0 unspecified atom stereocenters. The normalized spacial score (nSPS) is 11.4. The second-order valence-corrected chi connectivity index (χ2v) is 8.05. The number of aryl methyl sites for hydroxylation is 1. The Hall–Kier alpha value is -2.76. The minimum Gasteiger partial charge on any atom is -0.507 e. The number of nitrogens with zero attached hydrogens (tertiary/aromatic N) is 4. The lowest BCUT2D eigenvalue weighted by Crippen LogP contribution is -2.23. The van der Waals surface area contributed by atoms with E-state index in [0.717, 1.165) is 48.4 Å². The van der Waals surface area contributed by atoms with Crippen LogP contribution in [0.2, 0.25) is 0 Å². The van der Waals surface area contributed by atoms with E-state index >= 15 is 0 Å². The summed E-state index contributed by atoms with van der Waals surface area (Å²) in [7, 11) is 4.17. The van der Waals surface area contributed by atoms with Crippen molar-refractivity contribution < 1.29 is 5.11 Å². The van der Waals surface area contributed by atoms with E-state index < -0.39 is 0 Å². The standard InChI is InChI=1S/C25H32N4O/c1-20-16-21(18-28(2)14-10-23-8-4-6-12-26-23)25(30)22(17-20)19-29(3)15-11-24-9-5-7-13-27-24/h4-9,12-13,16-17,30H,10-11,14-15,18-19H2,1-3H3. The Bertz CT molecular complexity index is 842. The molecule has 0 radical (unpaired) electrons. The van der Waals surface area contributed by atoms with E-state index in [0.29, 0.717) is 18.8 Å². The van der Waals surface area contributed by atoms with Crippen LogP contribution in [0.25, 0.3) is 0 Å². The predicted octanol–water partition coefficient (Wildman–Crippen LogP) is 3.84. The van der Waals surface area contributed by atoms with Crippen molar-refractivity contribution in [1.29, 1.82) is 0 Å². The summed E-state index contributed by atoms with van der Waals surface area (Å²) in [5.74, 6) is 0.412. The Morgan fingerprint density at radius 3 is 1.63 bits per heavy atom. The number of phenols is 1. The van der Waals surface area contributed by atoms with Crippen molar-refractivity contribution in [3.05, 3.63) is 89.0 Å². The van der Waals surface area contributed by atoms with Crippen molar-refractivity contribution in [3.63, 3.8) is 0 Å². The molecular formula is C25H32N4O. The zero-order chi connectivity index (χ0) is 21.3. The second-order valence-electron chi connectivity index (χ2n) is 8.05. The monoisotopic (exact) mass is 404 g/mol. The topological polar surface area (TPSA) is 52.5 Å². The summed E-state index contributed by atoms with van der Waals surface area (Å²) in [6.45, 7) is 5.30. The first-order valence-corrected chi connectivity index (χ1v) is 10.5. The quantitative estimate of drug-likeness (QED) is 0.556. The summed E-state index contributed by atoms with van der Waals surface area (Å²) < 4.78 is 0. The fourth-order valence-corrected chi connectivity index (χ4v) is 3.62. The van der Waals surface area contributed by atoms with Crippen molar-refractivity contribution >= 4 is 0 Å². The smallest absolute Gasteiger partial charge is 0.124 e. The molecule has 0 amide bonds. The molecule has 1 aromatic carbocycles. The Labute approximate surface area is 180 Å². The SMILES string of the molecule is Cc1cc(CN(C)CCc2ccccn2)c(O)c(CN(C)CCc2ccccn2)c1. The van der Waals surface area contributed by atoms with E-state index in [9.17, 15) is 5.11 Å². The molecule has 1 N–H and O–H groups in total. The van der Waals surface area contributed by atoms with E-state index in [-0.39, 0.29) is 0 Å². The molecule has 0 saturated heterocycles. The lowest BCUT2D eigenvalue weighted by Gasteiger charge is -2.21. The van der Waals surface area contributed by atoms with Gasteiger partial charge in [0.05, 0.1) is 0 Å². The summed E-state index contributed by atoms with van der Waals surface area (Å²) in [4.78, 5) is 13.2. The highest BCUT2D eigenvalue weighted by atomic mass is 16.3. The van der Waals surface area contributed by atoms with Crippen molar-refractivity contribution in [3.8, 4) is 5.75 Å². The predicted molar refractivity (Wildman–Crippen MR) is 121 cm³/mol. The van der Waals surface area contributed by atoms with Crippen LogP contribution in [0.15, 0.2) is 60.9 Å². The van der Waals surface area contributed by atoms with Crippen LogP contribution in [0.5, 0.6) is 5.75 Å². The molecule has 0 atom stereocenters. The maximum absolute atomic E-state index is 10.9. The van der Waals surface area contributed by atoms with E-state index in [2.05, 4.69) is 65.1 Å². The number of hydrogen-bond acceptors (Lipinski definition) is 5. The van der Waals surface area contributed by atoms with Gasteiger partial charge in [0.15, 0.2) is 0 Å². The van der Waals surface area contributed by atoms with Gasteiger partial charge in [-0.15, -0.1) is 0 Å². The van der Waals surface area contributed by atoms with Crippen LogP contribution in [0.4, 0.5) is 0 Å². The molecule has 2 aromatic heterocycles. The summed E-state index contributed by atoms with van der Waals surface area (Å²) >= 11 is 0. The molecule has 0 saturated carbocycles. The van der Waals surface area contributed by atoms with Crippen molar-refractivity contribution in [2.75, 3.05) is 27.2 Å². The third-order valence-electron chi connectivity index (χ3n) is 5.24. The number of aromatic hydroxyl groups is 1. The van der Waals surface area contributed by atoms with Crippen LogP contribution in [0.1, 0.15) is 28.1 Å². The van der Waals surface area contributed by atoms with Crippen LogP contribution in [0.3, 0.4) is 0 Å². The van der Waals surface area contributed by atoms with Gasteiger partial charge in [-0.05, 0) is 45.3 Å². The Kier molecular flexibility index (Phi) is 7.94. The fraction of sp³-hybridized carbons (Fsp3) is 0.360. The Morgan fingerprint density at radius 1 is 0.767 bits per heavy atom. The number of benzene rings is 1. The highest BCUT2D eigenvalue weighted by molar-refractivity contribution is 5.43. The average molecular weight is 405 g/mol. The van der Waals surface area contributed by atoms with Crippen LogP contribution in [0, 0.1) is 6.92 Å². The molecule has 3 aromatic rings. The number of rotatable bonds is 10. The third-order valence-corrected chi connectivity index (χ3v) is 5.24. The van der Waals surface area contributed by atoms with E-state index in [1.165, 1.54) is 5.56 Å². The number of pyridine rings is 2. The minimum atomic E-state index is 0.412. The number of aromatic nitrogens is 2. The number of phenolic OH excluding ortho intramolecular Hbond substituents is 1. The Balaban J connectivity index is 1.58. The minimum absolute atomic E-state index is 0.412. The molecule has 30 heavy (non-hydrogen) atoms. The van der Waals surface area contributed by atoms with Crippen molar-refractivity contribution in [2.24, 2.45) is 0 Å². The average Bonchev–Trinajstić information content (AvgIpc) is 2.75. The molecule has 0 aliphatic heterocycles. The fourth-order valence-electron chi connectivity index (χ4n) is 3.62. The molecule has 158 valence electrons. The molecule has 0 fully saturated rings. The van der Waals surface area contributed by atoms with Gasteiger partial charge in [0.1, 0.15) is 5.75 Å². The van der Waals surface area contributed by atoms with Gasteiger partial charge in [-0.1, -0.05) is 29.8 Å². The zero-order valence-corrected chi connectivity index (χ0v) is 18.3. The maximum Gasteiger partial charge on any atom is 0.124 e. The van der Waals surface area contributed by atoms with Crippen molar-refractivity contribution in [1.82, 2.24) is 19.8 Å². The van der Waals surface area contributed by atoms with Crippen molar-refractivity contribution in [2.45, 2.75) is 32.9 Å². The highest BCUT2D eigenvalue weighted by Gasteiger charge is 2.13. The molecule has 0 aliphatic carbocycles. The lowest BCUT2D eigenvalue weighted by molar-refractivity contribution is 0.311. The summed E-state index contributed by atoms with van der Waals surface area (Å²) in [5.41, 5.74) is 5.31. The molecule has 0 spiro atoms. The Morgan fingerprint density at radius 2 is 1.23 bits per heavy atom. The first kappa shape index (κ1) is 21.9. The number of hydrogen-bond donors (Lipinski definition) is 1. The van der Waals surface area contributed by atoms with Gasteiger partial charge in [-0.25, -0.2) is 0 Å². The second kappa shape index (κ2) is 10.9. The van der Waals surface area contributed by atoms with E-state index in [1.807, 2.05) is 36.7 Å². The van der Waals surface area contributed by atoms with Gasteiger partial charge in [-0.2, -0.15) is 0 Å². The van der Waals surface area contributed by atoms with Gasteiger partial charge in [-0.3, -0.25) is 9.97 Å². The molecular weight excluding hydrogens is 372 g/mol. The lowest BCUT2D eigenvalue weighted by atomic mass is 10.0. The summed E-state index contributed by atoms with van der Waals surface area (Å²) in [6, 6.07) is 16.2. The summed E-state index contributed by atoms with van der Waals surface area (Å²) in [5, 5.41) is 10.9. The van der Waals surface area contributed by atoms with E-state index in [4.69, 9.17) is 0 Å². The largest absolute Gasteiger partial charge is 0.507 e. The van der Waals surface area contributed by atoms with Gasteiger partial charge in [0.25, 0.3) is 0 Å². The van der Waals surface area contributed by atoms with Crippen LogP contribution in [-0.2, 0) is 25.9 Å². The van der Waals surface area contributed by atoms with Gasteiger partial charge < -0.3 is 14.9 Å². The van der Waals surface area contributed by atoms with Gasteiger partial charge >= 0.3 is 0 Å². The van der Waals surface area contributed by atoms with Crippen LogP contribution in [-0.4, -0.2) is 52.1 Å². The summed E-state index contributed by atoms with van der Waals surface area (Å²) in [6.07, 6.45) is 5.46. The zero-order valence-electron chi connectivity index (χ0n) is 18.3. The van der Waals surface area contributed by atoms with E-state index in [1.54, 1.807) is 0 Å². The molecule has 0 bridgehead atoms. The van der Waals surface area contributed by atoms with Gasteiger partial charge in [0.2, 0.25) is 0 Å². The molecule has 5 nitrogen and oxygen atoms in total. The van der Waals surface area contributed by atoms with Crippen LogP contribution >= 0.6 is 0 Å². The molecule has 2 heterocycles. The molecule has 0 aliphatic rings. The van der Waals surface area contributed by atoms with Gasteiger partial charge in [0, 0.05) is 73.9 Å². The highest BCUT2D eigenvalue weighted by Crippen LogP contribution is 2.27. The molecule has 3 rings (SSSR count). The first-order chi connectivity index (χ1) is 14.5. The third kappa shape index (κ3) is 6.65.